The fourth-order valence-electron chi connectivity index (χ4n) is 3.07. The summed E-state index contributed by atoms with van der Waals surface area (Å²) in [5, 5.41) is 14.0. The first-order valence-electron chi connectivity index (χ1n) is 9.02. The molecule has 10 heteroatoms. The molecule has 1 saturated heterocycles. The Kier molecular flexibility index (Phi) is 6.31. The van der Waals surface area contributed by atoms with Gasteiger partial charge in [-0.15, -0.1) is 0 Å². The molecule has 0 saturated carbocycles. The highest BCUT2D eigenvalue weighted by Gasteiger charge is 2.36. The molecule has 0 radical (unpaired) electrons. The van der Waals surface area contributed by atoms with Gasteiger partial charge in [0.15, 0.2) is 6.61 Å². The van der Waals surface area contributed by atoms with Gasteiger partial charge >= 0.3 is 5.97 Å². The highest BCUT2D eigenvalue weighted by Crippen LogP contribution is 2.27. The summed E-state index contributed by atoms with van der Waals surface area (Å²) in [5.74, 6) is -2.22. The number of hydrogen-bond acceptors (Lipinski definition) is 6. The lowest BCUT2D eigenvalue weighted by atomic mass is 10.1. The summed E-state index contributed by atoms with van der Waals surface area (Å²) in [5.41, 5.74) is 1.17. The summed E-state index contributed by atoms with van der Waals surface area (Å²) in [6.45, 7) is 1.17. The Bertz CT molecular complexity index is 1010. The number of nitro groups is 1. The normalized spacial score (nSPS) is 15.7. The van der Waals surface area contributed by atoms with Crippen molar-refractivity contribution in [2.75, 3.05) is 23.4 Å². The highest BCUT2D eigenvalue weighted by molar-refractivity contribution is 6.30. The molecular formula is C20H18ClN3O6. The van der Waals surface area contributed by atoms with Gasteiger partial charge in [0, 0.05) is 41.0 Å². The predicted molar refractivity (Wildman–Crippen MR) is 109 cm³/mol. The quantitative estimate of drug-likeness (QED) is 0.426. The van der Waals surface area contributed by atoms with E-state index in [4.69, 9.17) is 16.3 Å². The van der Waals surface area contributed by atoms with E-state index in [1.54, 1.807) is 31.2 Å². The van der Waals surface area contributed by atoms with E-state index >= 15 is 0 Å². The minimum absolute atomic E-state index is 0.0206. The lowest BCUT2D eigenvalue weighted by molar-refractivity contribution is -0.385. The van der Waals surface area contributed by atoms with Crippen molar-refractivity contribution in [1.82, 2.24) is 0 Å². The summed E-state index contributed by atoms with van der Waals surface area (Å²) >= 11 is 5.85. The Morgan fingerprint density at radius 2 is 1.97 bits per heavy atom. The van der Waals surface area contributed by atoms with Crippen molar-refractivity contribution in [3.8, 4) is 0 Å². The zero-order valence-electron chi connectivity index (χ0n) is 16.0. The molecule has 2 amide bonds. The van der Waals surface area contributed by atoms with Crippen LogP contribution in [0.2, 0.25) is 5.02 Å². The Labute approximate surface area is 176 Å². The van der Waals surface area contributed by atoms with Crippen molar-refractivity contribution in [3.63, 3.8) is 0 Å². The van der Waals surface area contributed by atoms with Gasteiger partial charge in [0.2, 0.25) is 5.91 Å². The molecule has 2 aromatic rings. The second-order valence-electron chi connectivity index (χ2n) is 6.80. The third kappa shape index (κ3) is 4.93. The third-order valence-corrected chi connectivity index (χ3v) is 4.88. The molecule has 1 atom stereocenters. The number of aryl methyl sites for hydroxylation is 1. The van der Waals surface area contributed by atoms with E-state index in [0.29, 0.717) is 16.3 Å². The van der Waals surface area contributed by atoms with Crippen LogP contribution in [0, 0.1) is 23.0 Å². The number of amides is 2. The number of esters is 1. The molecule has 1 aliphatic rings. The first-order valence-corrected chi connectivity index (χ1v) is 9.40. The number of rotatable bonds is 6. The highest BCUT2D eigenvalue weighted by atomic mass is 35.5. The predicted octanol–water partition coefficient (Wildman–Crippen LogP) is 3.09. The fraction of sp³-hybridized carbons (Fsp3) is 0.250. The van der Waals surface area contributed by atoms with Crippen LogP contribution in [-0.2, 0) is 19.1 Å². The summed E-state index contributed by atoms with van der Waals surface area (Å²) in [6.07, 6.45) is -0.0206. The van der Waals surface area contributed by atoms with E-state index < -0.39 is 29.3 Å². The molecule has 9 nitrogen and oxygen atoms in total. The lowest BCUT2D eigenvalue weighted by Crippen LogP contribution is -2.28. The zero-order chi connectivity index (χ0) is 21.8. The van der Waals surface area contributed by atoms with Crippen LogP contribution in [0.1, 0.15) is 12.0 Å². The van der Waals surface area contributed by atoms with Crippen LogP contribution >= 0.6 is 11.6 Å². The first kappa shape index (κ1) is 21.3. The molecule has 1 N–H and O–H groups in total. The molecule has 0 spiro atoms. The number of carbonyl (C=O) groups is 3. The largest absolute Gasteiger partial charge is 0.455 e. The number of ether oxygens (including phenoxy) is 1. The average Bonchev–Trinajstić information content (AvgIpc) is 3.09. The first-order chi connectivity index (χ1) is 14.2. The number of nitro benzene ring substituents is 1. The van der Waals surface area contributed by atoms with Crippen molar-refractivity contribution in [3.05, 3.63) is 63.2 Å². The molecule has 0 aliphatic carbocycles. The molecule has 0 aromatic heterocycles. The molecule has 1 aliphatic heterocycles. The molecule has 156 valence electrons. The smallest absolute Gasteiger partial charge is 0.311 e. The van der Waals surface area contributed by atoms with Gasteiger partial charge in [-0.1, -0.05) is 17.7 Å². The summed E-state index contributed by atoms with van der Waals surface area (Å²) < 4.78 is 5.03. The zero-order valence-corrected chi connectivity index (χ0v) is 16.7. The maximum absolute atomic E-state index is 12.3. The summed E-state index contributed by atoms with van der Waals surface area (Å²) in [6, 6.07) is 10.9. The Hall–Kier alpha value is -3.46. The molecule has 3 rings (SSSR count). The number of anilines is 2. The number of carbonyl (C=O) groups excluding carboxylic acids is 3. The van der Waals surface area contributed by atoms with Gasteiger partial charge in [0.25, 0.3) is 11.6 Å². The number of hydrogen-bond donors (Lipinski definition) is 1. The van der Waals surface area contributed by atoms with Crippen LogP contribution in [0.3, 0.4) is 0 Å². The number of nitrogens with zero attached hydrogens (tertiary/aromatic N) is 2. The van der Waals surface area contributed by atoms with Gasteiger partial charge in [0.05, 0.1) is 10.8 Å². The van der Waals surface area contributed by atoms with Crippen LogP contribution in [0.25, 0.3) is 0 Å². The maximum Gasteiger partial charge on any atom is 0.311 e. The molecule has 2 aromatic carbocycles. The van der Waals surface area contributed by atoms with E-state index in [0.717, 1.165) is 0 Å². The number of halogens is 1. The molecule has 0 bridgehead atoms. The molecular weight excluding hydrogens is 414 g/mol. The van der Waals surface area contributed by atoms with E-state index in [2.05, 4.69) is 5.32 Å². The van der Waals surface area contributed by atoms with Gasteiger partial charge < -0.3 is 15.0 Å². The van der Waals surface area contributed by atoms with Gasteiger partial charge in [0.1, 0.15) is 0 Å². The van der Waals surface area contributed by atoms with Crippen LogP contribution in [0.4, 0.5) is 17.1 Å². The lowest BCUT2D eigenvalue weighted by Gasteiger charge is -2.16. The minimum atomic E-state index is -0.693. The molecule has 1 heterocycles. The standard InChI is InChI=1S/C20H18ClN3O6/c1-12-2-5-15(9-17(12)24(28)29)22-18(25)11-30-20(27)13-8-19(26)23(10-13)16-6-3-14(21)4-7-16/h2-7,9,13H,8,10-11H2,1H3,(H,22,25)/t13-/m1/s1. The van der Waals surface area contributed by atoms with Gasteiger partial charge in [-0.05, 0) is 37.3 Å². The van der Waals surface area contributed by atoms with E-state index in [1.165, 1.54) is 23.1 Å². The van der Waals surface area contributed by atoms with Gasteiger partial charge in [-0.2, -0.15) is 0 Å². The number of nitrogens with one attached hydrogen (secondary N) is 1. The van der Waals surface area contributed by atoms with Crippen molar-refractivity contribution in [1.29, 1.82) is 0 Å². The fourth-order valence-corrected chi connectivity index (χ4v) is 3.20. The van der Waals surface area contributed by atoms with Crippen LogP contribution in [0.5, 0.6) is 0 Å². The van der Waals surface area contributed by atoms with Crippen molar-refractivity contribution >= 4 is 46.4 Å². The van der Waals surface area contributed by atoms with E-state index in [1.807, 2.05) is 0 Å². The maximum atomic E-state index is 12.3. The molecule has 1 fully saturated rings. The average molecular weight is 432 g/mol. The van der Waals surface area contributed by atoms with E-state index in [9.17, 15) is 24.5 Å². The van der Waals surface area contributed by atoms with Gasteiger partial charge in [-0.3, -0.25) is 24.5 Å². The monoisotopic (exact) mass is 431 g/mol. The van der Waals surface area contributed by atoms with Crippen LogP contribution in [-0.4, -0.2) is 35.9 Å². The minimum Gasteiger partial charge on any atom is -0.455 e. The SMILES string of the molecule is Cc1ccc(NC(=O)COC(=O)[C@@H]2CC(=O)N(c3ccc(Cl)cc3)C2)cc1[N+](=O)[O-]. The summed E-state index contributed by atoms with van der Waals surface area (Å²) in [4.78, 5) is 48.4. The second kappa shape index (κ2) is 8.91. The van der Waals surface area contributed by atoms with Crippen molar-refractivity contribution in [2.45, 2.75) is 13.3 Å². The summed E-state index contributed by atoms with van der Waals surface area (Å²) in [7, 11) is 0. The van der Waals surface area contributed by atoms with Gasteiger partial charge in [-0.25, -0.2) is 0 Å². The second-order valence-corrected chi connectivity index (χ2v) is 7.23. The molecule has 0 unspecified atom stereocenters. The Morgan fingerprint density at radius 3 is 2.63 bits per heavy atom. The Balaban J connectivity index is 1.53. The van der Waals surface area contributed by atoms with Crippen LogP contribution < -0.4 is 10.2 Å². The number of benzene rings is 2. The Morgan fingerprint density at radius 1 is 1.27 bits per heavy atom. The third-order valence-electron chi connectivity index (χ3n) is 4.63. The van der Waals surface area contributed by atoms with Crippen molar-refractivity contribution < 1.29 is 24.0 Å². The molecule has 30 heavy (non-hydrogen) atoms. The van der Waals surface area contributed by atoms with Crippen molar-refractivity contribution in [2.24, 2.45) is 5.92 Å². The van der Waals surface area contributed by atoms with Crippen LogP contribution in [0.15, 0.2) is 42.5 Å². The van der Waals surface area contributed by atoms with E-state index in [-0.39, 0.29) is 30.2 Å². The topological polar surface area (TPSA) is 119 Å².